The zero-order valence-corrected chi connectivity index (χ0v) is 29.1. The third-order valence-corrected chi connectivity index (χ3v) is 7.58. The van der Waals surface area contributed by atoms with Crippen LogP contribution in [0.5, 0.6) is 11.5 Å². The lowest BCUT2D eigenvalue weighted by atomic mass is 10.0. The van der Waals surface area contributed by atoms with Crippen molar-refractivity contribution in [3.8, 4) is 11.5 Å². The number of benzene rings is 4. The summed E-state index contributed by atoms with van der Waals surface area (Å²) in [6.45, 7) is 11.7. The molecule has 10 heteroatoms. The Labute approximate surface area is 287 Å². The molecule has 4 aromatic carbocycles. The predicted molar refractivity (Wildman–Crippen MR) is 184 cm³/mol. The number of carbonyl (C=O) groups excluding carboxylic acids is 4. The van der Waals surface area contributed by atoms with Crippen molar-refractivity contribution in [3.63, 3.8) is 0 Å². The molecule has 0 aliphatic carbocycles. The van der Waals surface area contributed by atoms with Crippen LogP contribution < -0.4 is 9.47 Å². The summed E-state index contributed by atoms with van der Waals surface area (Å²) in [5.74, 6) is -1.44. The fourth-order valence-corrected chi connectivity index (χ4v) is 5.31. The number of aryl methyl sites for hydroxylation is 3. The number of imide groups is 1. The molecule has 4 aromatic rings. The minimum Gasteiger partial charge on any atom is -0.496 e. The van der Waals surface area contributed by atoms with Gasteiger partial charge in [-0.2, -0.15) is 0 Å². The molecule has 256 valence electrons. The van der Waals surface area contributed by atoms with E-state index in [0.717, 1.165) is 16.1 Å². The normalized spacial score (nSPS) is 11.6. The molecule has 4 rings (SSSR count). The number of hydrogen-bond acceptors (Lipinski definition) is 8. The van der Waals surface area contributed by atoms with E-state index in [4.69, 9.17) is 18.9 Å². The molecule has 10 nitrogen and oxygen atoms in total. The Balaban J connectivity index is 1.80. The van der Waals surface area contributed by atoms with Crippen LogP contribution in [-0.4, -0.2) is 53.2 Å². The Morgan fingerprint density at radius 3 is 1.98 bits per heavy atom. The summed E-state index contributed by atoms with van der Waals surface area (Å²) < 4.78 is 22.6. The van der Waals surface area contributed by atoms with Gasteiger partial charge in [-0.25, -0.2) is 14.6 Å². The van der Waals surface area contributed by atoms with E-state index in [2.05, 4.69) is 0 Å². The molecule has 0 radical (unpaired) electrons. The first kappa shape index (κ1) is 36.2. The van der Waals surface area contributed by atoms with E-state index in [1.807, 2.05) is 26.0 Å². The van der Waals surface area contributed by atoms with Gasteiger partial charge in [-0.1, -0.05) is 65.7 Å². The summed E-state index contributed by atoms with van der Waals surface area (Å²) in [6, 6.07) is 25.7. The van der Waals surface area contributed by atoms with Crippen molar-refractivity contribution in [3.05, 3.63) is 130 Å². The standard InChI is InChI=1S/C39H42N2O8/c1-25-21-26(2)23-29(22-25)35(43)41(39(5,6)7)40(36(44)32-19-14-20-33(46-8)28(32)4)38(45)49-37(31-18-13-12-15-27(31)3)48-34(42)24-47-30-16-10-9-11-17-30/h9-23,37H,24H2,1-8H3. The molecule has 0 fully saturated rings. The van der Waals surface area contributed by atoms with Crippen LogP contribution in [0.4, 0.5) is 4.79 Å². The maximum Gasteiger partial charge on any atom is 0.439 e. The van der Waals surface area contributed by atoms with Gasteiger partial charge in [0.1, 0.15) is 11.5 Å². The average molecular weight is 667 g/mol. The topological polar surface area (TPSA) is 112 Å². The molecule has 0 saturated heterocycles. The number of amides is 3. The molecular weight excluding hydrogens is 624 g/mol. The van der Waals surface area contributed by atoms with Gasteiger partial charge in [0.15, 0.2) is 6.61 Å². The summed E-state index contributed by atoms with van der Waals surface area (Å²) >= 11 is 0. The first-order chi connectivity index (χ1) is 23.2. The Morgan fingerprint density at radius 2 is 1.37 bits per heavy atom. The Kier molecular flexibility index (Phi) is 11.5. The highest BCUT2D eigenvalue weighted by Gasteiger charge is 2.43. The Morgan fingerprint density at radius 1 is 0.735 bits per heavy atom. The van der Waals surface area contributed by atoms with E-state index in [9.17, 15) is 19.2 Å². The lowest BCUT2D eigenvalue weighted by Gasteiger charge is -2.42. The van der Waals surface area contributed by atoms with E-state index < -0.39 is 42.3 Å². The zero-order valence-electron chi connectivity index (χ0n) is 29.1. The summed E-state index contributed by atoms with van der Waals surface area (Å²) in [4.78, 5) is 56.5. The molecule has 49 heavy (non-hydrogen) atoms. The molecule has 0 heterocycles. The number of hydrazine groups is 1. The second-order valence-electron chi connectivity index (χ2n) is 12.6. The number of rotatable bonds is 9. The molecule has 0 N–H and O–H groups in total. The molecule has 0 spiro atoms. The van der Waals surface area contributed by atoms with E-state index in [1.54, 1.807) is 107 Å². The average Bonchev–Trinajstić information content (AvgIpc) is 3.05. The smallest absolute Gasteiger partial charge is 0.439 e. The minimum atomic E-state index is -1.60. The highest BCUT2D eigenvalue weighted by atomic mass is 16.7. The maximum absolute atomic E-state index is 14.5. The SMILES string of the molecule is COc1cccc(C(=O)N(C(=O)OC(OC(=O)COc2ccccc2)c2ccccc2C)N(C(=O)c2cc(C)cc(C)c2)C(C)(C)C)c1C. The lowest BCUT2D eigenvalue weighted by molar-refractivity contribution is -0.175. The van der Waals surface area contributed by atoms with Crippen molar-refractivity contribution in [2.45, 2.75) is 60.3 Å². The van der Waals surface area contributed by atoms with Crippen molar-refractivity contribution in [2.75, 3.05) is 13.7 Å². The number of hydrogen-bond donors (Lipinski definition) is 0. The van der Waals surface area contributed by atoms with E-state index in [1.165, 1.54) is 13.2 Å². The van der Waals surface area contributed by atoms with Crippen molar-refractivity contribution in [2.24, 2.45) is 0 Å². The van der Waals surface area contributed by atoms with Crippen LogP contribution in [0.1, 0.15) is 75.6 Å². The van der Waals surface area contributed by atoms with Crippen molar-refractivity contribution in [1.29, 1.82) is 0 Å². The van der Waals surface area contributed by atoms with Gasteiger partial charge in [0.25, 0.3) is 18.1 Å². The number of methoxy groups -OCH3 is 1. The largest absolute Gasteiger partial charge is 0.496 e. The third-order valence-electron chi connectivity index (χ3n) is 7.58. The van der Waals surface area contributed by atoms with Crippen LogP contribution in [0.15, 0.2) is 91.0 Å². The van der Waals surface area contributed by atoms with Gasteiger partial charge in [-0.3, -0.25) is 9.59 Å². The summed E-state index contributed by atoms with van der Waals surface area (Å²) in [6.07, 6.45) is -2.84. The Bertz CT molecular complexity index is 1810. The highest BCUT2D eigenvalue weighted by Crippen LogP contribution is 2.30. The summed E-state index contributed by atoms with van der Waals surface area (Å²) in [5, 5.41) is 1.74. The van der Waals surface area contributed by atoms with Gasteiger partial charge in [0.2, 0.25) is 0 Å². The van der Waals surface area contributed by atoms with Gasteiger partial charge in [-0.15, -0.1) is 5.01 Å². The van der Waals surface area contributed by atoms with Crippen molar-refractivity contribution in [1.82, 2.24) is 10.0 Å². The molecule has 1 atom stereocenters. The van der Waals surface area contributed by atoms with Crippen LogP contribution in [0.3, 0.4) is 0 Å². The van der Waals surface area contributed by atoms with Gasteiger partial charge in [-0.05, 0) is 90.4 Å². The predicted octanol–water partition coefficient (Wildman–Crippen LogP) is 7.68. The lowest BCUT2D eigenvalue weighted by Crippen LogP contribution is -2.60. The quantitative estimate of drug-likeness (QED) is 0.102. The van der Waals surface area contributed by atoms with Gasteiger partial charge in [0, 0.05) is 22.3 Å². The van der Waals surface area contributed by atoms with Crippen LogP contribution in [0.25, 0.3) is 0 Å². The van der Waals surface area contributed by atoms with Crippen LogP contribution in [0.2, 0.25) is 0 Å². The highest BCUT2D eigenvalue weighted by molar-refractivity contribution is 6.07. The molecule has 0 saturated carbocycles. The van der Waals surface area contributed by atoms with Gasteiger partial charge in [0.05, 0.1) is 12.6 Å². The summed E-state index contributed by atoms with van der Waals surface area (Å²) in [7, 11) is 1.47. The molecule has 3 amide bonds. The van der Waals surface area contributed by atoms with E-state index in [-0.39, 0.29) is 11.1 Å². The maximum atomic E-state index is 14.5. The third kappa shape index (κ3) is 8.84. The van der Waals surface area contributed by atoms with E-state index in [0.29, 0.717) is 33.2 Å². The fourth-order valence-electron chi connectivity index (χ4n) is 5.31. The minimum absolute atomic E-state index is 0.0967. The molecule has 0 aliphatic heterocycles. The van der Waals surface area contributed by atoms with E-state index >= 15 is 0 Å². The first-order valence-electron chi connectivity index (χ1n) is 15.8. The second-order valence-corrected chi connectivity index (χ2v) is 12.6. The van der Waals surface area contributed by atoms with Crippen LogP contribution in [-0.2, 0) is 14.3 Å². The Hall–Kier alpha value is -5.64. The van der Waals surface area contributed by atoms with Crippen molar-refractivity contribution >= 4 is 23.9 Å². The molecule has 0 aromatic heterocycles. The molecule has 0 bridgehead atoms. The number of esters is 1. The van der Waals surface area contributed by atoms with Crippen LogP contribution >= 0.6 is 0 Å². The fraction of sp³-hybridized carbons (Fsp3) is 0.282. The second kappa shape index (κ2) is 15.5. The number of nitrogens with zero attached hydrogens (tertiary/aromatic N) is 2. The molecule has 1 unspecified atom stereocenters. The first-order valence-corrected chi connectivity index (χ1v) is 15.8. The number of ether oxygens (including phenoxy) is 4. The van der Waals surface area contributed by atoms with Crippen LogP contribution in [0, 0.1) is 27.7 Å². The van der Waals surface area contributed by atoms with Crippen molar-refractivity contribution < 1.29 is 38.1 Å². The molecular formula is C39H42N2O8. The monoisotopic (exact) mass is 666 g/mol. The number of para-hydroxylation sites is 1. The summed E-state index contributed by atoms with van der Waals surface area (Å²) in [5.41, 5.74) is 2.33. The van der Waals surface area contributed by atoms with Gasteiger partial charge < -0.3 is 18.9 Å². The molecule has 0 aliphatic rings. The number of carbonyl (C=O) groups is 4. The zero-order chi connectivity index (χ0) is 35.9. The van der Waals surface area contributed by atoms with Gasteiger partial charge >= 0.3 is 12.1 Å².